The van der Waals surface area contributed by atoms with E-state index in [4.69, 9.17) is 19.9 Å². The summed E-state index contributed by atoms with van der Waals surface area (Å²) < 4.78 is 15.9. The molecule has 0 radical (unpaired) electrons. The van der Waals surface area contributed by atoms with Gasteiger partial charge >= 0.3 is 0 Å². The van der Waals surface area contributed by atoms with Crippen molar-refractivity contribution in [2.75, 3.05) is 27.1 Å². The second-order valence-electron chi connectivity index (χ2n) is 3.45. The predicted molar refractivity (Wildman–Crippen MR) is 71.6 cm³/mol. The van der Waals surface area contributed by atoms with Gasteiger partial charge in [-0.25, -0.2) is 4.98 Å². The Morgan fingerprint density at radius 3 is 2.28 bits per heavy atom. The van der Waals surface area contributed by atoms with Gasteiger partial charge in [0.1, 0.15) is 0 Å². The number of thiazole rings is 1. The average molecular weight is 266 g/mol. The number of nitrogen functional groups attached to an aromatic ring is 1. The van der Waals surface area contributed by atoms with Crippen LogP contribution in [0.3, 0.4) is 0 Å². The van der Waals surface area contributed by atoms with Crippen molar-refractivity contribution in [1.29, 1.82) is 0 Å². The molecule has 2 rings (SSSR count). The van der Waals surface area contributed by atoms with Gasteiger partial charge in [-0.3, -0.25) is 0 Å². The summed E-state index contributed by atoms with van der Waals surface area (Å²) >= 11 is 1.38. The molecule has 1 aromatic carbocycles. The summed E-state index contributed by atoms with van der Waals surface area (Å²) in [6.07, 6.45) is 0. The fraction of sp³-hybridized carbons (Fsp3) is 0.250. The Labute approximate surface area is 109 Å². The highest BCUT2D eigenvalue weighted by Gasteiger charge is 2.18. The van der Waals surface area contributed by atoms with Crippen LogP contribution in [0.1, 0.15) is 0 Å². The summed E-state index contributed by atoms with van der Waals surface area (Å²) in [6, 6.07) is 3.68. The lowest BCUT2D eigenvalue weighted by Gasteiger charge is -2.14. The molecule has 2 aromatic rings. The minimum absolute atomic E-state index is 0.516. The van der Waals surface area contributed by atoms with E-state index in [0.29, 0.717) is 22.4 Å². The fourth-order valence-electron chi connectivity index (χ4n) is 1.71. The molecule has 0 aliphatic rings. The number of aromatic nitrogens is 1. The van der Waals surface area contributed by atoms with Gasteiger partial charge in [-0.2, -0.15) is 0 Å². The minimum atomic E-state index is 0.516. The lowest BCUT2D eigenvalue weighted by Crippen LogP contribution is -1.97. The van der Waals surface area contributed by atoms with Gasteiger partial charge in [0, 0.05) is 10.9 Å². The van der Waals surface area contributed by atoms with Crippen LogP contribution in [0.4, 0.5) is 5.13 Å². The van der Waals surface area contributed by atoms with E-state index in [1.54, 1.807) is 21.3 Å². The SMILES string of the molecule is COc1ccc(-c2csc(N)n2)c(OC)c1OC. The molecule has 5 nitrogen and oxygen atoms in total. The number of nitrogens with two attached hydrogens (primary N) is 1. The molecule has 1 aromatic heterocycles. The van der Waals surface area contributed by atoms with Gasteiger partial charge in [-0.05, 0) is 12.1 Å². The average Bonchev–Trinajstić information content (AvgIpc) is 2.83. The van der Waals surface area contributed by atoms with E-state index >= 15 is 0 Å². The summed E-state index contributed by atoms with van der Waals surface area (Å²) in [5, 5.41) is 2.39. The summed E-state index contributed by atoms with van der Waals surface area (Å²) in [6.45, 7) is 0. The van der Waals surface area contributed by atoms with Crippen molar-refractivity contribution < 1.29 is 14.2 Å². The molecule has 0 aliphatic heterocycles. The van der Waals surface area contributed by atoms with Crippen LogP contribution in [-0.2, 0) is 0 Å². The van der Waals surface area contributed by atoms with Gasteiger partial charge in [0.05, 0.1) is 27.0 Å². The maximum atomic E-state index is 5.64. The molecule has 96 valence electrons. The smallest absolute Gasteiger partial charge is 0.203 e. The van der Waals surface area contributed by atoms with Crippen LogP contribution in [0.15, 0.2) is 17.5 Å². The van der Waals surface area contributed by atoms with E-state index in [1.807, 2.05) is 17.5 Å². The van der Waals surface area contributed by atoms with Crippen molar-refractivity contribution >= 4 is 16.5 Å². The highest BCUT2D eigenvalue weighted by atomic mass is 32.1. The Balaban J connectivity index is 2.61. The van der Waals surface area contributed by atoms with Crippen LogP contribution in [0.2, 0.25) is 0 Å². The van der Waals surface area contributed by atoms with Crippen LogP contribution in [-0.4, -0.2) is 26.3 Å². The third-order valence-corrected chi connectivity index (χ3v) is 3.18. The maximum absolute atomic E-state index is 5.64. The maximum Gasteiger partial charge on any atom is 0.203 e. The molecular formula is C12H14N2O3S. The molecule has 0 amide bonds. The van der Waals surface area contributed by atoms with E-state index in [9.17, 15) is 0 Å². The third-order valence-electron chi connectivity index (χ3n) is 2.50. The second-order valence-corrected chi connectivity index (χ2v) is 4.34. The first-order valence-electron chi connectivity index (χ1n) is 5.21. The number of anilines is 1. The molecule has 0 atom stereocenters. The Hall–Kier alpha value is -1.95. The van der Waals surface area contributed by atoms with Crippen molar-refractivity contribution in [2.45, 2.75) is 0 Å². The summed E-state index contributed by atoms with van der Waals surface area (Å²) in [5.74, 6) is 1.74. The first-order chi connectivity index (χ1) is 8.71. The molecular weight excluding hydrogens is 252 g/mol. The second kappa shape index (κ2) is 5.14. The van der Waals surface area contributed by atoms with Crippen LogP contribution in [0.25, 0.3) is 11.3 Å². The van der Waals surface area contributed by atoms with Gasteiger partial charge in [0.15, 0.2) is 16.6 Å². The van der Waals surface area contributed by atoms with Crippen LogP contribution >= 0.6 is 11.3 Å². The normalized spacial score (nSPS) is 10.2. The molecule has 0 unspecified atom stereocenters. The van der Waals surface area contributed by atoms with Gasteiger partial charge in [0.25, 0.3) is 0 Å². The van der Waals surface area contributed by atoms with Crippen molar-refractivity contribution in [1.82, 2.24) is 4.98 Å². The Morgan fingerprint density at radius 2 is 1.78 bits per heavy atom. The van der Waals surface area contributed by atoms with E-state index in [1.165, 1.54) is 11.3 Å². The quantitative estimate of drug-likeness (QED) is 0.920. The highest BCUT2D eigenvalue weighted by molar-refractivity contribution is 7.13. The summed E-state index contributed by atoms with van der Waals surface area (Å²) in [7, 11) is 4.73. The molecule has 0 saturated carbocycles. The van der Waals surface area contributed by atoms with Crippen LogP contribution in [0, 0.1) is 0 Å². The summed E-state index contributed by atoms with van der Waals surface area (Å²) in [4.78, 5) is 4.24. The zero-order valence-electron chi connectivity index (χ0n) is 10.4. The standard InChI is InChI=1S/C12H14N2O3S/c1-15-9-5-4-7(8-6-18-12(13)14-8)10(16-2)11(9)17-3/h4-6H,1-3H3,(H2,13,14). The van der Waals surface area contributed by atoms with Crippen LogP contribution < -0.4 is 19.9 Å². The number of benzene rings is 1. The molecule has 18 heavy (non-hydrogen) atoms. The molecule has 6 heteroatoms. The van der Waals surface area contributed by atoms with E-state index in [-0.39, 0.29) is 0 Å². The number of hydrogen-bond donors (Lipinski definition) is 1. The number of nitrogens with zero attached hydrogens (tertiary/aromatic N) is 1. The molecule has 0 bridgehead atoms. The van der Waals surface area contributed by atoms with E-state index in [2.05, 4.69) is 4.98 Å². The van der Waals surface area contributed by atoms with Crippen molar-refractivity contribution in [3.8, 4) is 28.5 Å². The van der Waals surface area contributed by atoms with Crippen molar-refractivity contribution in [2.24, 2.45) is 0 Å². The fourth-order valence-corrected chi connectivity index (χ4v) is 2.28. The first-order valence-corrected chi connectivity index (χ1v) is 6.09. The zero-order chi connectivity index (χ0) is 13.1. The van der Waals surface area contributed by atoms with Gasteiger partial charge in [-0.15, -0.1) is 11.3 Å². The minimum Gasteiger partial charge on any atom is -0.493 e. The number of rotatable bonds is 4. The Morgan fingerprint density at radius 1 is 1.06 bits per heavy atom. The first kappa shape index (κ1) is 12.5. The van der Waals surface area contributed by atoms with Crippen molar-refractivity contribution in [3.05, 3.63) is 17.5 Å². The molecule has 0 saturated heterocycles. The molecule has 0 aliphatic carbocycles. The van der Waals surface area contributed by atoms with Crippen LogP contribution in [0.5, 0.6) is 17.2 Å². The number of ether oxygens (including phenoxy) is 3. The van der Waals surface area contributed by atoms with Gasteiger partial charge in [-0.1, -0.05) is 0 Å². The molecule has 0 fully saturated rings. The lowest BCUT2D eigenvalue weighted by atomic mass is 10.1. The zero-order valence-corrected chi connectivity index (χ0v) is 11.2. The lowest BCUT2D eigenvalue weighted by molar-refractivity contribution is 0.325. The third kappa shape index (κ3) is 2.06. The number of methoxy groups -OCH3 is 3. The summed E-state index contributed by atoms with van der Waals surface area (Å²) in [5.41, 5.74) is 7.23. The van der Waals surface area contributed by atoms with Gasteiger partial charge in [0.2, 0.25) is 5.75 Å². The van der Waals surface area contributed by atoms with Gasteiger partial charge < -0.3 is 19.9 Å². The topological polar surface area (TPSA) is 66.6 Å². The van der Waals surface area contributed by atoms with Crippen molar-refractivity contribution in [3.63, 3.8) is 0 Å². The van der Waals surface area contributed by atoms with E-state index in [0.717, 1.165) is 11.3 Å². The van der Waals surface area contributed by atoms with E-state index < -0.39 is 0 Å². The largest absolute Gasteiger partial charge is 0.493 e. The highest BCUT2D eigenvalue weighted by Crippen LogP contribution is 2.44. The predicted octanol–water partition coefficient (Wildman–Crippen LogP) is 2.42. The monoisotopic (exact) mass is 266 g/mol. The Kier molecular flexibility index (Phi) is 3.57. The molecule has 1 heterocycles. The molecule has 2 N–H and O–H groups in total. The Bertz CT molecular complexity index is 554. The molecule has 0 spiro atoms. The number of hydrogen-bond acceptors (Lipinski definition) is 6.